The Morgan fingerprint density at radius 2 is 1.59 bits per heavy atom. The van der Waals surface area contributed by atoms with E-state index in [1.165, 1.54) is 41.3 Å². The number of ether oxygens (including phenoxy) is 3. The fraction of sp³-hybridized carbons (Fsp3) is 0.277. The van der Waals surface area contributed by atoms with Crippen molar-refractivity contribution in [2.24, 2.45) is 18.9 Å². The first kappa shape index (κ1) is 40.8. The van der Waals surface area contributed by atoms with Crippen LogP contribution in [0.2, 0.25) is 0 Å². The summed E-state index contributed by atoms with van der Waals surface area (Å²) in [5.74, 6) is -1.67. The van der Waals surface area contributed by atoms with Gasteiger partial charge in [-0.25, -0.2) is 28.5 Å². The van der Waals surface area contributed by atoms with Crippen molar-refractivity contribution >= 4 is 34.6 Å². The number of fused-ring (bicyclic) bond motifs is 5. The molecular weight excluding hydrogens is 807 g/mol. The number of nitrogens with one attached hydrogen (secondary N) is 1. The first-order chi connectivity index (χ1) is 30.4. The molecule has 1 saturated carbocycles. The van der Waals surface area contributed by atoms with Crippen molar-refractivity contribution < 1.29 is 28.9 Å². The molecule has 1 aliphatic carbocycles. The molecule has 63 heavy (non-hydrogen) atoms. The predicted octanol–water partition coefficient (Wildman–Crippen LogP) is 4.51. The van der Waals surface area contributed by atoms with Gasteiger partial charge in [0, 0.05) is 38.1 Å². The number of rotatable bonds is 11. The number of nitrogens with zero attached hydrogens (tertiary/aromatic N) is 6. The van der Waals surface area contributed by atoms with Gasteiger partial charge in [-0.1, -0.05) is 72.3 Å². The van der Waals surface area contributed by atoms with Gasteiger partial charge < -0.3 is 23.9 Å². The minimum atomic E-state index is -1.47. The second-order valence-electron chi connectivity index (χ2n) is 16.0. The number of aryl methyl sites for hydroxylation is 3. The van der Waals surface area contributed by atoms with Crippen molar-refractivity contribution in [1.82, 2.24) is 28.5 Å². The molecule has 0 spiro atoms. The Hall–Kier alpha value is -7.62. The second kappa shape index (κ2) is 15.7. The highest BCUT2D eigenvalue weighted by molar-refractivity contribution is 6.12. The Kier molecular flexibility index (Phi) is 10.2. The number of carbonyl (C=O) groups is 2. The average Bonchev–Trinajstić information content (AvgIpc) is 3.67. The van der Waals surface area contributed by atoms with Crippen LogP contribution in [0.15, 0.2) is 117 Å². The van der Waals surface area contributed by atoms with Crippen molar-refractivity contribution in [3.63, 3.8) is 0 Å². The summed E-state index contributed by atoms with van der Waals surface area (Å²) in [5.41, 5.74) is 4.65. The summed E-state index contributed by atoms with van der Waals surface area (Å²) in [6.07, 6.45) is 5.54. The Morgan fingerprint density at radius 1 is 0.873 bits per heavy atom. The van der Waals surface area contributed by atoms with Crippen molar-refractivity contribution in [1.29, 1.82) is 0 Å². The van der Waals surface area contributed by atoms with Crippen LogP contribution in [0.4, 0.5) is 5.69 Å². The van der Waals surface area contributed by atoms with Gasteiger partial charge in [0.25, 0.3) is 17.4 Å². The first-order valence-corrected chi connectivity index (χ1v) is 20.5. The summed E-state index contributed by atoms with van der Waals surface area (Å²) >= 11 is 0. The minimum Gasteiger partial charge on any atom is -0.504 e. The van der Waals surface area contributed by atoms with Gasteiger partial charge in [-0.05, 0) is 54.3 Å². The lowest BCUT2D eigenvalue weighted by atomic mass is 9.54. The molecule has 3 aliphatic rings. The van der Waals surface area contributed by atoms with E-state index in [0.29, 0.717) is 44.9 Å². The molecule has 2 fully saturated rings. The number of methoxy groups -OCH3 is 3. The van der Waals surface area contributed by atoms with Crippen LogP contribution in [0, 0.1) is 18.8 Å². The number of hydrogen-bond acceptors (Lipinski definition) is 11. The number of phenols is 1. The number of hydrogen-bond donors (Lipinski definition) is 2. The van der Waals surface area contributed by atoms with Crippen molar-refractivity contribution in [3.05, 3.63) is 156 Å². The molecule has 2 amide bonds. The van der Waals surface area contributed by atoms with E-state index in [4.69, 9.17) is 14.2 Å². The molecule has 2 aliphatic heterocycles. The summed E-state index contributed by atoms with van der Waals surface area (Å²) in [5, 5.41) is 11.4. The van der Waals surface area contributed by atoms with Crippen molar-refractivity contribution in [2.45, 2.75) is 44.3 Å². The first-order valence-electron chi connectivity index (χ1n) is 20.5. The van der Waals surface area contributed by atoms with Crippen LogP contribution in [0.5, 0.6) is 23.0 Å². The molecule has 4 heterocycles. The quantitative estimate of drug-likeness (QED) is 0.138. The molecule has 0 bridgehead atoms. The normalized spacial score (nSPS) is 20.4. The number of carbonyl (C=O) groups excluding carboxylic acids is 2. The lowest BCUT2D eigenvalue weighted by Crippen LogP contribution is -2.54. The van der Waals surface area contributed by atoms with Gasteiger partial charge in [0.2, 0.25) is 0 Å². The number of phenolic OH excluding ortho intramolecular Hbond substituents is 1. The average molecular weight is 852 g/mol. The molecular formula is C47H45N7O9. The molecule has 16 nitrogen and oxygen atoms in total. The number of benzene rings is 4. The third-order valence-corrected chi connectivity index (χ3v) is 12.7. The van der Waals surface area contributed by atoms with E-state index in [-0.39, 0.29) is 43.1 Å². The number of amides is 2. The number of aromatic nitrogens is 5. The van der Waals surface area contributed by atoms with Gasteiger partial charge in [-0.3, -0.25) is 19.8 Å². The lowest BCUT2D eigenvalue weighted by Gasteiger charge is -2.47. The van der Waals surface area contributed by atoms with E-state index >= 15 is 4.79 Å². The maximum Gasteiger partial charge on any atom is 0.347 e. The topological polar surface area (TPSA) is 181 Å². The molecule has 4 aromatic carbocycles. The largest absolute Gasteiger partial charge is 0.504 e. The number of anilines is 1. The summed E-state index contributed by atoms with van der Waals surface area (Å²) < 4.78 is 21.5. The fourth-order valence-electron chi connectivity index (χ4n) is 9.59. The van der Waals surface area contributed by atoms with Crippen LogP contribution < -0.4 is 36.6 Å². The number of imide groups is 1. The Labute approximate surface area is 360 Å². The molecule has 2 aromatic heterocycles. The maximum absolute atomic E-state index is 15.3. The Bertz CT molecular complexity index is 3070. The van der Waals surface area contributed by atoms with Crippen molar-refractivity contribution in [3.8, 4) is 23.0 Å². The molecule has 0 radical (unpaired) electrons. The van der Waals surface area contributed by atoms with E-state index < -0.39 is 52.0 Å². The standard InChI is InChI=1S/C47H45N7O9/c1-27-11-15-30(16-12-27)49-53-42(56)33-24-36-31(32(17-13-28-14-18-38(55)39(23-28)61-3)47(33,44(53)58)29-9-7-6-8-10-29)19-22-52-45(59)51(46(60)54(36)52)21-20-34-43(57)50(2)37-26-41(63-5)40(62-4)25-35(37)48-34/h6-19,23,25-26,32-33,36,49,55H,20-22,24H2,1-5H3. The smallest absolute Gasteiger partial charge is 0.347 e. The van der Waals surface area contributed by atoms with Crippen LogP contribution in [-0.2, 0) is 41.6 Å². The molecule has 4 unspecified atom stereocenters. The van der Waals surface area contributed by atoms with E-state index in [9.17, 15) is 24.3 Å². The van der Waals surface area contributed by atoms with Gasteiger partial charge in [-0.2, -0.15) is 5.01 Å². The minimum absolute atomic E-state index is 0.00486. The van der Waals surface area contributed by atoms with Crippen LogP contribution in [0.25, 0.3) is 17.1 Å². The molecule has 322 valence electrons. The van der Waals surface area contributed by atoms with Crippen LogP contribution in [-0.4, -0.2) is 66.7 Å². The Morgan fingerprint density at radius 3 is 2.30 bits per heavy atom. The highest BCUT2D eigenvalue weighted by Crippen LogP contribution is 2.59. The van der Waals surface area contributed by atoms with E-state index in [1.807, 2.05) is 67.6 Å². The van der Waals surface area contributed by atoms with E-state index in [2.05, 4.69) is 10.4 Å². The van der Waals surface area contributed by atoms with Crippen LogP contribution >= 0.6 is 0 Å². The van der Waals surface area contributed by atoms with Gasteiger partial charge in [-0.15, -0.1) is 0 Å². The zero-order valence-electron chi connectivity index (χ0n) is 35.3. The predicted molar refractivity (Wildman–Crippen MR) is 234 cm³/mol. The molecule has 16 heteroatoms. The van der Waals surface area contributed by atoms with Crippen LogP contribution in [0.1, 0.15) is 34.8 Å². The highest BCUT2D eigenvalue weighted by Gasteiger charge is 2.68. The monoisotopic (exact) mass is 851 g/mol. The van der Waals surface area contributed by atoms with E-state index in [1.54, 1.807) is 43.4 Å². The van der Waals surface area contributed by atoms with Crippen LogP contribution in [0.3, 0.4) is 0 Å². The number of aromatic hydroxyl groups is 1. The fourth-order valence-corrected chi connectivity index (χ4v) is 9.59. The number of hydrazine groups is 1. The molecule has 6 aromatic rings. The summed E-state index contributed by atoms with van der Waals surface area (Å²) in [6.45, 7) is 1.80. The summed E-state index contributed by atoms with van der Waals surface area (Å²) in [6, 6.07) is 23.9. The van der Waals surface area contributed by atoms with Crippen molar-refractivity contribution in [2.75, 3.05) is 26.8 Å². The molecule has 2 N–H and O–H groups in total. The van der Waals surface area contributed by atoms with Gasteiger partial charge in [0.15, 0.2) is 23.0 Å². The van der Waals surface area contributed by atoms with Gasteiger partial charge >= 0.3 is 11.4 Å². The zero-order chi connectivity index (χ0) is 44.3. The number of allylic oxidation sites excluding steroid dienone is 3. The summed E-state index contributed by atoms with van der Waals surface area (Å²) in [7, 11) is 6.06. The molecule has 9 rings (SSSR count). The molecule has 4 atom stereocenters. The summed E-state index contributed by atoms with van der Waals surface area (Å²) in [4.78, 5) is 77.3. The molecule has 1 saturated heterocycles. The zero-order valence-corrected chi connectivity index (χ0v) is 35.3. The second-order valence-corrected chi connectivity index (χ2v) is 16.0. The lowest BCUT2D eigenvalue weighted by molar-refractivity contribution is -0.138. The van der Waals surface area contributed by atoms with Gasteiger partial charge in [0.05, 0.1) is 62.0 Å². The Balaban J connectivity index is 1.15. The third-order valence-electron chi connectivity index (χ3n) is 12.7. The third kappa shape index (κ3) is 6.43. The SMILES string of the molecule is COc1cc(C=CC2C3=CCn4c(=O)n(CCc5nc6cc(OC)c(OC)cc6n(C)c5=O)c(=O)n4C3CC3C(=O)N(Nc4ccc(C)cc4)C(=O)C23c2ccccc2)ccc1O. The van der Waals surface area contributed by atoms with E-state index in [0.717, 1.165) is 15.1 Å². The van der Waals surface area contributed by atoms with Gasteiger partial charge in [0.1, 0.15) is 5.69 Å². The highest BCUT2D eigenvalue weighted by atomic mass is 16.5. The maximum atomic E-state index is 15.3.